The number of carbonyl (C=O) groups excluding carboxylic acids is 2. The number of ether oxygens (including phenoxy) is 1. The molecule has 1 unspecified atom stereocenters. The minimum absolute atomic E-state index is 0.539. The second-order valence-corrected chi connectivity index (χ2v) is 1.86. The highest BCUT2D eigenvalue weighted by molar-refractivity contribution is 5.96. The minimum Gasteiger partial charge on any atom is -0.374 e. The molecule has 0 spiro atoms. The van der Waals surface area contributed by atoms with Crippen LogP contribution in [0.5, 0.6) is 0 Å². The molecular weight excluding hydrogens is 134 g/mol. The lowest BCUT2D eigenvalue weighted by Crippen LogP contribution is -2.25. The van der Waals surface area contributed by atoms with Crippen molar-refractivity contribution in [3.8, 4) is 0 Å². The van der Waals surface area contributed by atoms with Crippen molar-refractivity contribution in [1.29, 1.82) is 0 Å². The first kappa shape index (κ1) is 6.80. The Morgan fingerprint density at radius 3 is 2.70 bits per heavy atom. The van der Waals surface area contributed by atoms with Gasteiger partial charge in [-0.15, -0.1) is 0 Å². The van der Waals surface area contributed by atoms with Gasteiger partial charge in [0, 0.05) is 0 Å². The van der Waals surface area contributed by atoms with E-state index >= 15 is 0 Å². The zero-order chi connectivity index (χ0) is 7.56. The van der Waals surface area contributed by atoms with Crippen molar-refractivity contribution in [2.75, 3.05) is 0 Å². The number of hydrogen-bond acceptors (Lipinski definition) is 3. The number of hydrogen-bond donors (Lipinski definition) is 1. The third-order valence-electron chi connectivity index (χ3n) is 1.11. The van der Waals surface area contributed by atoms with E-state index in [0.29, 0.717) is 0 Å². The van der Waals surface area contributed by atoms with Gasteiger partial charge in [-0.1, -0.05) is 12.2 Å². The topological polar surface area (TPSA) is 55.4 Å². The van der Waals surface area contributed by atoms with Crippen LogP contribution in [0.15, 0.2) is 12.2 Å². The highest BCUT2D eigenvalue weighted by Gasteiger charge is 2.29. The molecule has 1 aliphatic rings. The van der Waals surface area contributed by atoms with Crippen LogP contribution in [0.4, 0.5) is 4.79 Å². The summed E-state index contributed by atoms with van der Waals surface area (Å²) in [5.41, 5.74) is 0. The van der Waals surface area contributed by atoms with E-state index in [2.05, 4.69) is 10.1 Å². The average Bonchev–Trinajstić information content (AvgIpc) is 2.13. The maximum atomic E-state index is 10.6. The van der Waals surface area contributed by atoms with Crippen LogP contribution in [0.1, 0.15) is 6.92 Å². The number of alkyl carbamates (subject to hydrolysis) is 1. The number of nitrogens with one attached hydrogen (secondary N) is 1. The smallest absolute Gasteiger partial charge is 0.374 e. The first-order chi connectivity index (χ1) is 4.74. The lowest BCUT2D eigenvalue weighted by Gasteiger charge is -1.93. The van der Waals surface area contributed by atoms with E-state index in [4.69, 9.17) is 0 Å². The third kappa shape index (κ3) is 1.15. The first-order valence-corrected chi connectivity index (χ1v) is 2.89. The van der Waals surface area contributed by atoms with Crippen molar-refractivity contribution < 1.29 is 14.3 Å². The second kappa shape index (κ2) is 2.51. The summed E-state index contributed by atoms with van der Waals surface area (Å²) in [6.45, 7) is 1.76. The molecular formula is C6H7NO3. The van der Waals surface area contributed by atoms with Gasteiger partial charge in [0.15, 0.2) is 0 Å². The molecule has 0 aliphatic carbocycles. The molecule has 1 saturated heterocycles. The molecule has 1 aliphatic heterocycles. The highest BCUT2D eigenvalue weighted by Crippen LogP contribution is 2.00. The third-order valence-corrected chi connectivity index (χ3v) is 1.11. The Kier molecular flexibility index (Phi) is 1.71. The van der Waals surface area contributed by atoms with Crippen LogP contribution in [-0.2, 0) is 9.53 Å². The van der Waals surface area contributed by atoms with Crippen molar-refractivity contribution in [2.24, 2.45) is 0 Å². The molecule has 1 N–H and O–H groups in total. The molecule has 0 aromatic carbocycles. The molecule has 0 aromatic rings. The van der Waals surface area contributed by atoms with Gasteiger partial charge in [0.05, 0.1) is 0 Å². The molecule has 4 heteroatoms. The van der Waals surface area contributed by atoms with Gasteiger partial charge in [-0.05, 0) is 6.92 Å². The molecule has 1 atom stereocenters. The lowest BCUT2D eigenvalue weighted by molar-refractivity contribution is -0.134. The maximum Gasteiger partial charge on any atom is 0.415 e. The molecule has 0 aromatic heterocycles. The Morgan fingerprint density at radius 1 is 1.60 bits per heavy atom. The molecule has 10 heavy (non-hydrogen) atoms. The van der Waals surface area contributed by atoms with Gasteiger partial charge in [0.1, 0.15) is 6.04 Å². The molecule has 1 heterocycles. The molecule has 1 amide bonds. The van der Waals surface area contributed by atoms with Crippen LogP contribution in [0.25, 0.3) is 0 Å². The van der Waals surface area contributed by atoms with Gasteiger partial charge in [0.25, 0.3) is 0 Å². The fourth-order valence-electron chi connectivity index (χ4n) is 0.689. The Bertz CT molecular complexity index is 197. The molecule has 1 fully saturated rings. The molecule has 54 valence electrons. The summed E-state index contributed by atoms with van der Waals surface area (Å²) >= 11 is 0. The van der Waals surface area contributed by atoms with E-state index in [-0.39, 0.29) is 0 Å². The van der Waals surface area contributed by atoms with Crippen LogP contribution in [0.2, 0.25) is 0 Å². The number of esters is 1. The van der Waals surface area contributed by atoms with Crippen LogP contribution in [0.3, 0.4) is 0 Å². The number of allylic oxidation sites excluding steroid dienone is 1. The molecule has 4 nitrogen and oxygen atoms in total. The fraction of sp³-hybridized carbons (Fsp3) is 0.333. The van der Waals surface area contributed by atoms with Crippen LogP contribution >= 0.6 is 0 Å². The average molecular weight is 141 g/mol. The number of rotatable bonds is 1. The van der Waals surface area contributed by atoms with E-state index in [1.165, 1.54) is 0 Å². The summed E-state index contributed by atoms with van der Waals surface area (Å²) < 4.78 is 4.19. The highest BCUT2D eigenvalue weighted by atomic mass is 16.6. The Balaban J connectivity index is 2.63. The number of cyclic esters (lactones) is 2. The Hall–Kier alpha value is -1.32. The van der Waals surface area contributed by atoms with Gasteiger partial charge in [-0.3, -0.25) is 0 Å². The summed E-state index contributed by atoms with van der Waals surface area (Å²) in [6.07, 6.45) is 2.57. The van der Waals surface area contributed by atoms with Gasteiger partial charge in [0.2, 0.25) is 0 Å². The van der Waals surface area contributed by atoms with E-state index in [1.807, 2.05) is 0 Å². The largest absolute Gasteiger partial charge is 0.415 e. The molecule has 0 radical (unpaired) electrons. The van der Waals surface area contributed by atoms with Gasteiger partial charge < -0.3 is 10.1 Å². The Morgan fingerprint density at radius 2 is 2.30 bits per heavy atom. The van der Waals surface area contributed by atoms with E-state index in [9.17, 15) is 9.59 Å². The number of amides is 1. The van der Waals surface area contributed by atoms with Crippen molar-refractivity contribution >= 4 is 12.1 Å². The van der Waals surface area contributed by atoms with Gasteiger partial charge >= 0.3 is 12.1 Å². The van der Waals surface area contributed by atoms with Gasteiger partial charge in [-0.2, -0.15) is 0 Å². The zero-order valence-electron chi connectivity index (χ0n) is 5.46. The van der Waals surface area contributed by atoms with E-state index < -0.39 is 18.1 Å². The summed E-state index contributed by atoms with van der Waals surface area (Å²) in [4.78, 5) is 21.0. The molecule has 0 saturated carbocycles. The maximum absolute atomic E-state index is 10.6. The van der Waals surface area contributed by atoms with Crippen molar-refractivity contribution in [2.45, 2.75) is 13.0 Å². The summed E-state index contributed by atoms with van der Waals surface area (Å²) in [6, 6.07) is -0.586. The van der Waals surface area contributed by atoms with Crippen molar-refractivity contribution in [1.82, 2.24) is 5.32 Å². The molecule has 1 rings (SSSR count). The summed E-state index contributed by atoms with van der Waals surface area (Å²) in [7, 11) is 0. The lowest BCUT2D eigenvalue weighted by atomic mass is 10.3. The monoisotopic (exact) mass is 141 g/mol. The van der Waals surface area contributed by atoms with Crippen LogP contribution in [0, 0.1) is 0 Å². The standard InChI is InChI=1S/C6H7NO3/c1-2-3-4-5(8)10-6(9)7-4/h2-4H,1H3,(H,7,9)/b3-2-. The fourth-order valence-corrected chi connectivity index (χ4v) is 0.689. The van der Waals surface area contributed by atoms with Crippen LogP contribution < -0.4 is 5.32 Å². The predicted molar refractivity (Wildman–Crippen MR) is 33.2 cm³/mol. The number of carbonyl (C=O) groups is 2. The normalized spacial score (nSPS) is 25.1. The van der Waals surface area contributed by atoms with E-state index in [1.54, 1.807) is 19.1 Å². The first-order valence-electron chi connectivity index (χ1n) is 2.89. The van der Waals surface area contributed by atoms with Crippen molar-refractivity contribution in [3.05, 3.63) is 12.2 Å². The van der Waals surface area contributed by atoms with Gasteiger partial charge in [-0.25, -0.2) is 9.59 Å². The quantitative estimate of drug-likeness (QED) is 0.322. The molecule has 0 bridgehead atoms. The predicted octanol–water partition coefficient (Wildman–Crippen LogP) is 0.198. The summed E-state index contributed by atoms with van der Waals surface area (Å²) in [5.74, 6) is -0.539. The Labute approximate surface area is 57.9 Å². The van der Waals surface area contributed by atoms with E-state index in [0.717, 1.165) is 0 Å². The SMILES string of the molecule is C/C=C\C1NC(=O)OC1=O. The zero-order valence-corrected chi connectivity index (χ0v) is 5.46. The van der Waals surface area contributed by atoms with Crippen LogP contribution in [-0.4, -0.2) is 18.1 Å². The summed E-state index contributed by atoms with van der Waals surface area (Å²) in [5, 5.41) is 2.31. The second-order valence-electron chi connectivity index (χ2n) is 1.86. The minimum atomic E-state index is -0.673. The van der Waals surface area contributed by atoms with Crippen molar-refractivity contribution in [3.63, 3.8) is 0 Å².